The van der Waals surface area contributed by atoms with E-state index in [2.05, 4.69) is 200 Å². The number of nitrogens with one attached hydrogen (secondary N) is 1. The van der Waals surface area contributed by atoms with E-state index in [4.69, 9.17) is 39.2 Å². The van der Waals surface area contributed by atoms with Crippen molar-refractivity contribution in [3.05, 3.63) is 125 Å². The Morgan fingerprint density at radius 1 is 0.504 bits per heavy atom. The van der Waals surface area contributed by atoms with Crippen molar-refractivity contribution in [2.75, 3.05) is 228 Å². The fraction of sp³-hybridized carbons (Fsp3) is 0.729. The van der Waals surface area contributed by atoms with E-state index in [0.717, 1.165) is 207 Å². The second-order valence-corrected chi connectivity index (χ2v) is 35.5. The molecule has 0 saturated carbocycles. The molecule has 2 aromatic carbocycles. The van der Waals surface area contributed by atoms with Crippen LogP contribution in [0.3, 0.4) is 0 Å². The number of ether oxygens (including phenoxy) is 3. The number of fused-ring (bicyclic) bond motifs is 2. The first-order valence-electron chi connectivity index (χ1n) is 46.1. The zero-order valence-corrected chi connectivity index (χ0v) is 77.6. The first kappa shape index (κ1) is 105. The first-order valence-corrected chi connectivity index (χ1v) is 46.1. The number of aromatic amines is 1. The maximum atomic E-state index is 11.3. The molecule has 25 heteroatoms. The summed E-state index contributed by atoms with van der Waals surface area (Å²) in [5.41, 5.74) is 8.62. The molecule has 0 radical (unpaired) electrons. The van der Waals surface area contributed by atoms with Crippen molar-refractivity contribution < 1.29 is 53.1 Å². The molecule has 13 heterocycles. The smallest absolute Gasteiger partial charge is 0.323 e. The van der Waals surface area contributed by atoms with Gasteiger partial charge in [-0.25, -0.2) is 4.98 Å². The summed E-state index contributed by atoms with van der Waals surface area (Å²) in [5, 5.41) is 34.7. The first-order chi connectivity index (χ1) is 58.3. The summed E-state index contributed by atoms with van der Waals surface area (Å²) in [6, 6.07) is 24.0. The van der Waals surface area contributed by atoms with Gasteiger partial charge in [-0.2, -0.15) is 5.26 Å². The summed E-state index contributed by atoms with van der Waals surface area (Å²) in [7, 11) is 23.2. The lowest BCUT2D eigenvalue weighted by Gasteiger charge is -2.30. The van der Waals surface area contributed by atoms with E-state index in [0.29, 0.717) is 50.6 Å². The van der Waals surface area contributed by atoms with Crippen molar-refractivity contribution in [1.29, 1.82) is 5.26 Å². The number of H-pyrrole nitrogens is 1. The third kappa shape index (κ3) is 45.3. The normalized spacial score (nSPS) is 21.9. The fourth-order valence-corrected chi connectivity index (χ4v) is 16.6. The van der Waals surface area contributed by atoms with E-state index in [-0.39, 0.29) is 41.9 Å². The van der Waals surface area contributed by atoms with Crippen LogP contribution >= 0.6 is 0 Å². The van der Waals surface area contributed by atoms with Gasteiger partial charge in [0.15, 0.2) is 0 Å². The third-order valence-corrected chi connectivity index (χ3v) is 24.9. The Labute approximate surface area is 730 Å². The molecule has 11 aliphatic rings. The van der Waals surface area contributed by atoms with Crippen LogP contribution in [0.4, 0.5) is 0 Å². The highest BCUT2D eigenvalue weighted by Gasteiger charge is 2.29. The lowest BCUT2D eigenvalue weighted by atomic mass is 9.90. The Morgan fingerprint density at radius 2 is 1.02 bits per heavy atom. The summed E-state index contributed by atoms with van der Waals surface area (Å²) in [6.07, 6.45) is 32.3. The number of aliphatic hydroxyl groups excluding tert-OH is 2. The SMILES string of the molecule is CCOC(=O)C1CCCCN1C.CCOC(=O)C1CCCN(C)C1.CCOC(=O)C1CCN(C)CC1.CN1CC=C(CCO)CC1.CN1CCC(C#N)CC1.CN1CCC(CC(=O)O)CC1.CN1CCC(Cc2ccccc2)CC1.CN1CCC(O)CC1.CN1CCC(c2cnc[nH]2)CC1.CN1CCc2ccccc2C1.CN1CCc2occc2C1. The maximum absolute atomic E-state index is 11.3. The molecule has 8 fully saturated rings. The topological polar surface area (TPSA) is 258 Å². The van der Waals surface area contributed by atoms with Gasteiger partial charge in [-0.05, 0) is 340 Å². The number of aliphatic hydroxyl groups is 2. The lowest BCUT2D eigenvalue weighted by Crippen LogP contribution is -2.42. The van der Waals surface area contributed by atoms with Crippen LogP contribution in [0.2, 0.25) is 0 Å². The second-order valence-electron chi connectivity index (χ2n) is 35.5. The average molecular weight is 1690 g/mol. The van der Waals surface area contributed by atoms with Crippen molar-refractivity contribution in [2.45, 2.75) is 200 Å². The van der Waals surface area contributed by atoms with Gasteiger partial charge < -0.3 is 87.9 Å². The second kappa shape index (κ2) is 61.8. The molecule has 2 unspecified atom stereocenters. The number of aromatic nitrogens is 2. The third-order valence-electron chi connectivity index (χ3n) is 24.9. The van der Waals surface area contributed by atoms with Crippen LogP contribution in [0.15, 0.2) is 95.5 Å². The van der Waals surface area contributed by atoms with E-state index >= 15 is 0 Å². The predicted molar refractivity (Wildman–Crippen MR) is 487 cm³/mol. The number of carboxylic acids is 1. The van der Waals surface area contributed by atoms with E-state index in [1.165, 1.54) is 117 Å². The Morgan fingerprint density at radius 3 is 1.54 bits per heavy atom. The highest BCUT2D eigenvalue weighted by molar-refractivity contribution is 5.76. The molecule has 4 N–H and O–H groups in total. The van der Waals surface area contributed by atoms with Crippen LogP contribution in [0.25, 0.3) is 0 Å². The van der Waals surface area contributed by atoms with Crippen LogP contribution in [0.1, 0.15) is 189 Å². The summed E-state index contributed by atoms with van der Waals surface area (Å²) < 4.78 is 20.2. The molecule has 8 saturated heterocycles. The number of piperidine rings is 8. The number of furan rings is 1. The van der Waals surface area contributed by atoms with Crippen molar-refractivity contribution in [3.63, 3.8) is 0 Å². The van der Waals surface area contributed by atoms with Gasteiger partial charge in [0.1, 0.15) is 11.8 Å². The van der Waals surface area contributed by atoms with E-state index in [1.54, 1.807) is 12.6 Å². The predicted octanol–water partition coefficient (Wildman–Crippen LogP) is 11.9. The van der Waals surface area contributed by atoms with Gasteiger partial charge in [0.2, 0.25) is 0 Å². The van der Waals surface area contributed by atoms with Gasteiger partial charge >= 0.3 is 23.9 Å². The quantitative estimate of drug-likeness (QED) is 0.0551. The number of nitrogens with zero attached hydrogens (tertiary/aromatic N) is 13. The van der Waals surface area contributed by atoms with E-state index < -0.39 is 5.97 Å². The minimum atomic E-state index is -0.653. The molecule has 121 heavy (non-hydrogen) atoms. The number of hydrogen-bond donors (Lipinski definition) is 4. The van der Waals surface area contributed by atoms with Gasteiger partial charge in [0.05, 0.1) is 56.4 Å². The van der Waals surface area contributed by atoms with Crippen molar-refractivity contribution in [1.82, 2.24) is 63.9 Å². The number of likely N-dealkylation sites (N-methyl/N-ethyl adjacent to an activating group) is 4. The molecule has 0 spiro atoms. The lowest BCUT2D eigenvalue weighted by molar-refractivity contribution is -0.150. The molecular weight excluding hydrogens is 1530 g/mol. The maximum Gasteiger partial charge on any atom is 0.323 e. The van der Waals surface area contributed by atoms with Gasteiger partial charge in [-0.3, -0.25) is 24.1 Å². The van der Waals surface area contributed by atoms with Crippen LogP contribution < -0.4 is 0 Å². The molecule has 684 valence electrons. The van der Waals surface area contributed by atoms with E-state index in [1.807, 2.05) is 41.1 Å². The summed E-state index contributed by atoms with van der Waals surface area (Å²) in [5.74, 6) is 3.08. The molecule has 11 aliphatic heterocycles. The molecular formula is C96H164N14O11. The molecule has 25 nitrogen and oxygen atoms in total. The number of carbonyl (C=O) groups is 4. The number of rotatable bonds is 13. The van der Waals surface area contributed by atoms with Gasteiger partial charge in [-0.15, -0.1) is 0 Å². The van der Waals surface area contributed by atoms with Crippen molar-refractivity contribution in [2.24, 2.45) is 29.6 Å². The number of likely N-dealkylation sites (tertiary alicyclic amines) is 8. The van der Waals surface area contributed by atoms with Crippen molar-refractivity contribution >= 4 is 23.9 Å². The van der Waals surface area contributed by atoms with Crippen molar-refractivity contribution in [3.8, 4) is 6.07 Å². The number of hydrogen-bond acceptors (Lipinski definition) is 23. The molecule has 0 aliphatic carbocycles. The minimum absolute atomic E-state index is 0.00870. The largest absolute Gasteiger partial charge is 0.481 e. The van der Waals surface area contributed by atoms with Gasteiger partial charge in [0.25, 0.3) is 0 Å². The van der Waals surface area contributed by atoms with Crippen LogP contribution in [0.5, 0.6) is 0 Å². The number of carboxylic acid groups (broad SMARTS) is 1. The number of aliphatic carboxylic acids is 1. The van der Waals surface area contributed by atoms with Crippen LogP contribution in [-0.4, -0.2) is 344 Å². The molecule has 2 aromatic heterocycles. The fourth-order valence-electron chi connectivity index (χ4n) is 16.6. The molecule has 0 amide bonds. The highest BCUT2D eigenvalue weighted by Crippen LogP contribution is 2.27. The Hall–Kier alpha value is -6.48. The summed E-state index contributed by atoms with van der Waals surface area (Å²) in [4.78, 5) is 76.5. The highest BCUT2D eigenvalue weighted by atomic mass is 16.5. The molecule has 2 atom stereocenters. The number of carbonyl (C=O) groups excluding carboxylic acids is 3. The minimum Gasteiger partial charge on any atom is -0.481 e. The number of imidazole rings is 1. The van der Waals surface area contributed by atoms with Gasteiger partial charge in [0, 0.05) is 108 Å². The van der Waals surface area contributed by atoms with E-state index in [9.17, 15) is 19.2 Å². The Balaban J connectivity index is 0.000000237. The number of esters is 3. The summed E-state index contributed by atoms with van der Waals surface area (Å²) in [6.45, 7) is 30.4. The number of nitriles is 1. The standard InChI is InChI=1S/C13H19N.C10H13N.C9H15N3.3C9H17NO2.C8H15NO2.C8H11NO.C8H15NO.C7H12N2.C6H13NO/c1-14-9-7-13(8-10-14)11-12-5-3-2-4-6-12;1-11-7-6-9-4-2-3-5-10(9)8-11;1-12-4-2-8(3-5-12)9-6-10-7-11-9;1-3-12-9(11)8-4-6-10(2)7-5-8;1-3-12-9(11)8-5-4-6-10(2)7-8;1-3-12-9(11)8-6-4-5-7-10(8)2;1-9-4-2-7(3-5-9)6-8(10)11;1-9-4-2-8-7(6-9)3-5-10-8;1-9-5-2-8(3-6-9)4-7-10;1-9-4-2-7(6-8)3-5-9;1-7-4-2-6(8)3-5-7/h2-6,13H,7-11H2,1H3;2-5H,6-8H2,1H3;6-8H,2-5H2,1H3,(H,10,11);3*8H,3-7H2,1-2H3;7H,2-6H2,1H3,(H,10,11);3,5H,2,4,6H2,1H3;2,10H,3-7H2,1H3;7H,2-5H2,1H3;6,8H,2-5H2,1H3. The molecule has 0 bridgehead atoms. The summed E-state index contributed by atoms with van der Waals surface area (Å²) >= 11 is 0. The zero-order valence-electron chi connectivity index (χ0n) is 77.6. The monoisotopic (exact) mass is 1690 g/mol. The number of benzene rings is 2. The average Bonchev–Trinajstić information content (AvgIpc) is 1.25. The zero-order chi connectivity index (χ0) is 88.1. The Kier molecular flexibility index (Phi) is 53.6. The Bertz CT molecular complexity index is 3400. The molecule has 4 aromatic rings. The van der Waals surface area contributed by atoms with Gasteiger partial charge in [-0.1, -0.05) is 72.7 Å². The molecule has 15 rings (SSSR count). The van der Waals surface area contributed by atoms with Crippen LogP contribution in [0, 0.1) is 40.9 Å². The van der Waals surface area contributed by atoms with Crippen LogP contribution in [-0.2, 0) is 65.7 Å².